The van der Waals surface area contributed by atoms with Gasteiger partial charge in [-0.3, -0.25) is 9.59 Å². The Morgan fingerprint density at radius 1 is 0.373 bits per heavy atom. The van der Waals surface area contributed by atoms with Crippen molar-refractivity contribution in [3.8, 4) is 0 Å². The van der Waals surface area contributed by atoms with E-state index in [2.05, 4.69) is 55.6 Å². The standard InChI is InChI=1S/C69H131NO5/c1-3-5-7-9-11-13-15-16-17-18-32-35-38-42-45-49-53-57-61-67(72)66(65-71)70-68(73)62-58-54-50-46-43-39-36-33-30-28-26-24-22-20-19-21-23-25-27-29-31-34-37-40-44-48-52-56-60-64-75-69(74)63-59-55-51-47-41-14-12-10-8-6-4-2/h10,12,19,21,25,27,66-67,71-72H,3-9,11,13-18,20,22-24,26,28-65H2,1-2H3,(H,70,73)/b12-10-,21-19-,27-25-. The Bertz CT molecular complexity index is 1210. The molecule has 0 aromatic rings. The van der Waals surface area contributed by atoms with Gasteiger partial charge in [-0.2, -0.15) is 0 Å². The van der Waals surface area contributed by atoms with E-state index in [1.807, 2.05) is 0 Å². The third-order valence-corrected chi connectivity index (χ3v) is 15.7. The molecule has 442 valence electrons. The lowest BCUT2D eigenvalue weighted by atomic mass is 10.0. The van der Waals surface area contributed by atoms with E-state index in [1.54, 1.807) is 0 Å². The number of carbonyl (C=O) groups excluding carboxylic acids is 2. The Balaban J connectivity index is 3.41. The minimum atomic E-state index is -0.666. The molecule has 0 aliphatic carbocycles. The molecule has 75 heavy (non-hydrogen) atoms. The number of carbonyl (C=O) groups is 2. The third-order valence-electron chi connectivity index (χ3n) is 15.7. The van der Waals surface area contributed by atoms with Crippen LogP contribution >= 0.6 is 0 Å². The second-order valence-electron chi connectivity index (χ2n) is 23.1. The van der Waals surface area contributed by atoms with Crippen LogP contribution in [0.25, 0.3) is 0 Å². The molecule has 0 radical (unpaired) electrons. The summed E-state index contributed by atoms with van der Waals surface area (Å²) in [5, 5.41) is 23.4. The van der Waals surface area contributed by atoms with E-state index in [9.17, 15) is 19.8 Å². The van der Waals surface area contributed by atoms with Crippen LogP contribution in [0.1, 0.15) is 367 Å². The van der Waals surface area contributed by atoms with E-state index in [4.69, 9.17) is 4.74 Å². The predicted octanol–water partition coefficient (Wildman–Crippen LogP) is 21.5. The van der Waals surface area contributed by atoms with Crippen molar-refractivity contribution in [2.45, 2.75) is 379 Å². The molecule has 6 nitrogen and oxygen atoms in total. The predicted molar refractivity (Wildman–Crippen MR) is 329 cm³/mol. The van der Waals surface area contributed by atoms with Crippen LogP contribution in [0.4, 0.5) is 0 Å². The average molecular weight is 1050 g/mol. The van der Waals surface area contributed by atoms with Gasteiger partial charge in [0.1, 0.15) is 0 Å². The summed E-state index contributed by atoms with van der Waals surface area (Å²) in [7, 11) is 0. The SMILES string of the molecule is CCCC/C=C\CCCCCCCC(=O)OCCCCCCCCCCC/C=C\C/C=C\CCCCCCCCCCCCCCCC(=O)NC(CO)C(O)CCCCCCCCCCCCCCCCCCCC. The molecule has 0 aromatic carbocycles. The van der Waals surface area contributed by atoms with Crippen LogP contribution in [-0.2, 0) is 14.3 Å². The Morgan fingerprint density at radius 2 is 0.680 bits per heavy atom. The van der Waals surface area contributed by atoms with Gasteiger partial charge >= 0.3 is 5.97 Å². The maximum Gasteiger partial charge on any atom is 0.305 e. The normalized spacial score (nSPS) is 12.7. The van der Waals surface area contributed by atoms with Crippen molar-refractivity contribution in [2.75, 3.05) is 13.2 Å². The first-order valence-corrected chi connectivity index (χ1v) is 33.7. The summed E-state index contributed by atoms with van der Waals surface area (Å²) in [5.41, 5.74) is 0. The first kappa shape index (κ1) is 73.1. The Morgan fingerprint density at radius 3 is 1.07 bits per heavy atom. The summed E-state index contributed by atoms with van der Waals surface area (Å²) in [6, 6.07) is -0.543. The first-order chi connectivity index (χ1) is 37.0. The number of rotatable bonds is 63. The molecule has 0 saturated carbocycles. The second kappa shape index (κ2) is 64.6. The van der Waals surface area contributed by atoms with Crippen molar-refractivity contribution in [3.63, 3.8) is 0 Å². The van der Waals surface area contributed by atoms with Gasteiger partial charge in [0.2, 0.25) is 5.91 Å². The Kier molecular flexibility index (Phi) is 63.0. The average Bonchev–Trinajstić information content (AvgIpc) is 3.41. The summed E-state index contributed by atoms with van der Waals surface area (Å²) >= 11 is 0. The molecule has 0 aliphatic heterocycles. The molecular formula is C69H131NO5. The maximum absolute atomic E-state index is 12.5. The van der Waals surface area contributed by atoms with Crippen molar-refractivity contribution >= 4 is 11.9 Å². The molecule has 1 amide bonds. The number of ether oxygens (including phenoxy) is 1. The van der Waals surface area contributed by atoms with Crippen molar-refractivity contribution in [3.05, 3.63) is 36.5 Å². The lowest BCUT2D eigenvalue weighted by Gasteiger charge is -2.22. The van der Waals surface area contributed by atoms with Crippen LogP contribution < -0.4 is 5.32 Å². The topological polar surface area (TPSA) is 95.9 Å². The second-order valence-corrected chi connectivity index (χ2v) is 23.1. The molecule has 0 spiro atoms. The fraction of sp³-hybridized carbons (Fsp3) is 0.884. The molecule has 2 unspecified atom stereocenters. The van der Waals surface area contributed by atoms with E-state index in [1.165, 1.54) is 283 Å². The summed E-state index contributed by atoms with van der Waals surface area (Å²) in [6.45, 7) is 4.94. The van der Waals surface area contributed by atoms with E-state index in [-0.39, 0.29) is 18.5 Å². The molecule has 6 heteroatoms. The minimum Gasteiger partial charge on any atom is -0.466 e. The number of esters is 1. The zero-order valence-electron chi connectivity index (χ0n) is 50.5. The number of allylic oxidation sites excluding steroid dienone is 6. The number of hydrogen-bond acceptors (Lipinski definition) is 5. The van der Waals surface area contributed by atoms with Crippen molar-refractivity contribution in [1.82, 2.24) is 5.32 Å². The number of nitrogens with one attached hydrogen (secondary N) is 1. The molecule has 0 aromatic heterocycles. The van der Waals surface area contributed by atoms with Gasteiger partial charge in [-0.15, -0.1) is 0 Å². The number of aliphatic hydroxyl groups excluding tert-OH is 2. The lowest BCUT2D eigenvalue weighted by Crippen LogP contribution is -2.45. The highest BCUT2D eigenvalue weighted by molar-refractivity contribution is 5.76. The molecular weight excluding hydrogens is 923 g/mol. The number of aliphatic hydroxyl groups is 2. The quantitative estimate of drug-likeness (QED) is 0.0320. The fourth-order valence-corrected chi connectivity index (χ4v) is 10.5. The molecule has 0 heterocycles. The van der Waals surface area contributed by atoms with Crippen molar-refractivity contribution in [2.24, 2.45) is 0 Å². The lowest BCUT2D eigenvalue weighted by molar-refractivity contribution is -0.143. The van der Waals surface area contributed by atoms with Crippen LogP contribution in [-0.4, -0.2) is 47.4 Å². The van der Waals surface area contributed by atoms with Gasteiger partial charge in [0.05, 0.1) is 25.4 Å². The largest absolute Gasteiger partial charge is 0.466 e. The smallest absolute Gasteiger partial charge is 0.305 e. The van der Waals surface area contributed by atoms with Crippen LogP contribution in [0.15, 0.2) is 36.5 Å². The van der Waals surface area contributed by atoms with Gasteiger partial charge in [0.15, 0.2) is 0 Å². The number of hydrogen-bond donors (Lipinski definition) is 3. The van der Waals surface area contributed by atoms with Gasteiger partial charge < -0.3 is 20.3 Å². The number of unbranched alkanes of at least 4 members (excludes halogenated alkanes) is 46. The monoisotopic (exact) mass is 1050 g/mol. The van der Waals surface area contributed by atoms with Crippen LogP contribution in [0.2, 0.25) is 0 Å². The molecule has 3 N–H and O–H groups in total. The highest BCUT2D eigenvalue weighted by Gasteiger charge is 2.20. The van der Waals surface area contributed by atoms with Crippen LogP contribution in [0.3, 0.4) is 0 Å². The van der Waals surface area contributed by atoms with Gasteiger partial charge in [-0.1, -0.05) is 314 Å². The van der Waals surface area contributed by atoms with Gasteiger partial charge in [0, 0.05) is 12.8 Å². The minimum absolute atomic E-state index is 0.00105. The Labute approximate surface area is 468 Å². The first-order valence-electron chi connectivity index (χ1n) is 33.7. The molecule has 0 rings (SSSR count). The zero-order chi connectivity index (χ0) is 54.3. The summed E-state index contributed by atoms with van der Waals surface area (Å²) in [6.07, 6.45) is 81.8. The summed E-state index contributed by atoms with van der Waals surface area (Å²) in [4.78, 5) is 24.5. The van der Waals surface area contributed by atoms with Gasteiger partial charge in [-0.25, -0.2) is 0 Å². The third kappa shape index (κ3) is 61.2. The zero-order valence-corrected chi connectivity index (χ0v) is 50.5. The van der Waals surface area contributed by atoms with E-state index in [0.29, 0.717) is 25.9 Å². The fourth-order valence-electron chi connectivity index (χ4n) is 10.5. The Hall–Kier alpha value is -1.92. The van der Waals surface area contributed by atoms with E-state index >= 15 is 0 Å². The molecule has 0 aliphatic rings. The molecule has 0 fully saturated rings. The molecule has 0 saturated heterocycles. The highest BCUT2D eigenvalue weighted by Crippen LogP contribution is 2.18. The maximum atomic E-state index is 12.5. The number of amides is 1. The van der Waals surface area contributed by atoms with Gasteiger partial charge in [0.25, 0.3) is 0 Å². The summed E-state index contributed by atoms with van der Waals surface area (Å²) in [5.74, 6) is -0.0319. The van der Waals surface area contributed by atoms with Crippen LogP contribution in [0, 0.1) is 0 Å². The van der Waals surface area contributed by atoms with E-state index < -0.39 is 12.1 Å². The van der Waals surface area contributed by atoms with Crippen molar-refractivity contribution < 1.29 is 24.5 Å². The van der Waals surface area contributed by atoms with E-state index in [0.717, 1.165) is 51.4 Å². The molecule has 2 atom stereocenters. The van der Waals surface area contributed by atoms with Crippen molar-refractivity contribution in [1.29, 1.82) is 0 Å². The highest BCUT2D eigenvalue weighted by atomic mass is 16.5. The summed E-state index contributed by atoms with van der Waals surface area (Å²) < 4.78 is 5.46. The van der Waals surface area contributed by atoms with Crippen LogP contribution in [0.5, 0.6) is 0 Å². The molecule has 0 bridgehead atoms. The van der Waals surface area contributed by atoms with Gasteiger partial charge in [-0.05, 0) is 77.0 Å².